The van der Waals surface area contributed by atoms with Crippen molar-refractivity contribution in [3.05, 3.63) is 47.6 Å². The van der Waals surface area contributed by atoms with Gasteiger partial charge in [-0.25, -0.2) is 9.59 Å². The van der Waals surface area contributed by atoms with E-state index < -0.39 is 42.1 Å². The highest BCUT2D eigenvalue weighted by Gasteiger charge is 2.44. The lowest BCUT2D eigenvalue weighted by Crippen LogP contribution is -2.34. The minimum Gasteiger partial charge on any atom is -0.458 e. The topological polar surface area (TPSA) is 99.1 Å². The largest absolute Gasteiger partial charge is 0.458 e. The lowest BCUT2D eigenvalue weighted by atomic mass is 9.85. The van der Waals surface area contributed by atoms with Gasteiger partial charge < -0.3 is 19.3 Å². The Kier molecular flexibility index (Phi) is 6.96. The van der Waals surface area contributed by atoms with E-state index in [0.717, 1.165) is 5.57 Å². The molecule has 152 valence electrons. The van der Waals surface area contributed by atoms with Crippen LogP contribution in [0.1, 0.15) is 33.6 Å². The molecule has 28 heavy (non-hydrogen) atoms. The van der Waals surface area contributed by atoms with Gasteiger partial charge in [0, 0.05) is 30.9 Å². The number of carbonyl (C=O) groups is 3. The van der Waals surface area contributed by atoms with Gasteiger partial charge in [0.25, 0.3) is 0 Å². The van der Waals surface area contributed by atoms with Gasteiger partial charge in [0.05, 0.1) is 12.5 Å². The van der Waals surface area contributed by atoms with E-state index in [-0.39, 0.29) is 24.2 Å². The van der Waals surface area contributed by atoms with E-state index in [2.05, 4.69) is 13.2 Å². The maximum atomic E-state index is 12.2. The third kappa shape index (κ3) is 5.19. The number of aliphatic hydroxyl groups is 1. The highest BCUT2D eigenvalue weighted by Crippen LogP contribution is 2.36. The second kappa shape index (κ2) is 9.01. The van der Waals surface area contributed by atoms with E-state index in [1.165, 1.54) is 13.8 Å². The predicted octanol–water partition coefficient (Wildman–Crippen LogP) is 2.16. The maximum Gasteiger partial charge on any atom is 0.334 e. The van der Waals surface area contributed by atoms with Crippen molar-refractivity contribution in [1.29, 1.82) is 0 Å². The average molecular weight is 390 g/mol. The molecule has 7 heteroatoms. The molecule has 1 heterocycles. The summed E-state index contributed by atoms with van der Waals surface area (Å²) in [6, 6.07) is 0. The Morgan fingerprint density at radius 2 is 1.93 bits per heavy atom. The molecular formula is C21H26O7. The standard InChI is InChI=1S/C21H26O7/c1-11(2)20(24)27-18-9-15(10-22)8-16(26-14(5)23)6-12(3)7-17-19(18)13(4)21(25)28-17/h7-8,16-19,22H,1,4,6,9-10H2,2-3,5H3/t16-,17-,18-,19+/m1/s1. The van der Waals surface area contributed by atoms with Crippen LogP contribution >= 0.6 is 0 Å². The number of esters is 3. The molecule has 0 radical (unpaired) electrons. The number of carbonyl (C=O) groups excluding carboxylic acids is 3. The molecule has 1 N–H and O–H groups in total. The first-order valence-corrected chi connectivity index (χ1v) is 9.03. The Labute approximate surface area is 164 Å². The van der Waals surface area contributed by atoms with Crippen molar-refractivity contribution in [2.45, 2.75) is 51.9 Å². The van der Waals surface area contributed by atoms with Crippen molar-refractivity contribution in [2.75, 3.05) is 6.61 Å². The molecule has 0 aromatic heterocycles. The summed E-state index contributed by atoms with van der Waals surface area (Å²) in [6.07, 6.45) is 1.87. The quantitative estimate of drug-likeness (QED) is 0.340. The van der Waals surface area contributed by atoms with Crippen molar-refractivity contribution in [1.82, 2.24) is 0 Å². The number of fused-ring (bicyclic) bond motifs is 1. The molecular weight excluding hydrogens is 364 g/mol. The smallest absolute Gasteiger partial charge is 0.334 e. The van der Waals surface area contributed by atoms with Crippen LogP contribution in [0.5, 0.6) is 0 Å². The van der Waals surface area contributed by atoms with Gasteiger partial charge in [0.2, 0.25) is 0 Å². The van der Waals surface area contributed by atoms with E-state index in [9.17, 15) is 19.5 Å². The Balaban J connectivity index is 2.48. The lowest BCUT2D eigenvalue weighted by molar-refractivity contribution is -0.147. The number of rotatable bonds is 4. The van der Waals surface area contributed by atoms with Gasteiger partial charge in [-0.1, -0.05) is 18.7 Å². The monoisotopic (exact) mass is 390 g/mol. The van der Waals surface area contributed by atoms with Crippen LogP contribution in [0.4, 0.5) is 0 Å². The Morgan fingerprint density at radius 1 is 1.25 bits per heavy atom. The first-order chi connectivity index (χ1) is 13.1. The van der Waals surface area contributed by atoms with Crippen molar-refractivity contribution < 1.29 is 33.7 Å². The van der Waals surface area contributed by atoms with Crippen molar-refractivity contribution in [2.24, 2.45) is 5.92 Å². The molecule has 1 aliphatic carbocycles. The van der Waals surface area contributed by atoms with Crippen LogP contribution in [0.25, 0.3) is 0 Å². The van der Waals surface area contributed by atoms with Gasteiger partial charge in [-0.2, -0.15) is 0 Å². The zero-order valence-corrected chi connectivity index (χ0v) is 16.4. The summed E-state index contributed by atoms with van der Waals surface area (Å²) in [5, 5.41) is 9.81. The molecule has 1 aliphatic heterocycles. The minimum atomic E-state index is -0.799. The highest BCUT2D eigenvalue weighted by molar-refractivity contribution is 5.91. The normalized spacial score (nSPS) is 27.7. The third-order valence-electron chi connectivity index (χ3n) is 4.65. The van der Waals surface area contributed by atoms with Crippen molar-refractivity contribution in [3.8, 4) is 0 Å². The molecule has 4 atom stereocenters. The maximum absolute atomic E-state index is 12.2. The van der Waals surface area contributed by atoms with Gasteiger partial charge >= 0.3 is 17.9 Å². The van der Waals surface area contributed by atoms with Crippen LogP contribution in [0.15, 0.2) is 47.6 Å². The minimum absolute atomic E-state index is 0.136. The van der Waals surface area contributed by atoms with Crippen LogP contribution in [-0.2, 0) is 28.6 Å². The molecule has 0 spiro atoms. The summed E-state index contributed by atoms with van der Waals surface area (Å²) in [5.74, 6) is -2.21. The second-order valence-electron chi connectivity index (χ2n) is 7.20. The van der Waals surface area contributed by atoms with Crippen LogP contribution in [0, 0.1) is 5.92 Å². The molecule has 0 aromatic carbocycles. The van der Waals surface area contributed by atoms with E-state index in [1.807, 2.05) is 6.92 Å². The zero-order valence-electron chi connectivity index (χ0n) is 16.4. The first-order valence-electron chi connectivity index (χ1n) is 9.03. The fourth-order valence-corrected chi connectivity index (χ4v) is 3.38. The fourth-order valence-electron chi connectivity index (χ4n) is 3.38. The van der Waals surface area contributed by atoms with Crippen LogP contribution < -0.4 is 0 Å². The summed E-state index contributed by atoms with van der Waals surface area (Å²) < 4.78 is 16.3. The second-order valence-corrected chi connectivity index (χ2v) is 7.20. The molecule has 7 nitrogen and oxygen atoms in total. The molecule has 1 fully saturated rings. The van der Waals surface area contributed by atoms with Gasteiger partial charge in [0.1, 0.15) is 18.3 Å². The average Bonchev–Trinajstić information content (AvgIpc) is 2.85. The van der Waals surface area contributed by atoms with Crippen LogP contribution in [0.3, 0.4) is 0 Å². The van der Waals surface area contributed by atoms with E-state index in [0.29, 0.717) is 12.0 Å². The van der Waals surface area contributed by atoms with Gasteiger partial charge in [0.15, 0.2) is 0 Å². The summed E-state index contributed by atoms with van der Waals surface area (Å²) >= 11 is 0. The molecule has 0 amide bonds. The van der Waals surface area contributed by atoms with Gasteiger partial charge in [-0.15, -0.1) is 0 Å². The van der Waals surface area contributed by atoms with Crippen LogP contribution in [0.2, 0.25) is 0 Å². The zero-order chi connectivity index (χ0) is 21.0. The Morgan fingerprint density at radius 3 is 2.50 bits per heavy atom. The summed E-state index contributed by atoms with van der Waals surface area (Å²) in [5.41, 5.74) is 1.77. The molecule has 2 aliphatic rings. The molecule has 0 saturated carbocycles. The first kappa shape index (κ1) is 21.6. The summed E-state index contributed by atoms with van der Waals surface area (Å²) in [6.45, 7) is 11.7. The molecule has 0 bridgehead atoms. The molecule has 0 unspecified atom stereocenters. The van der Waals surface area contributed by atoms with E-state index in [1.54, 1.807) is 12.2 Å². The summed E-state index contributed by atoms with van der Waals surface area (Å²) in [7, 11) is 0. The SMILES string of the molecule is C=C(C)C(=O)O[C@@H]1CC(CO)=C[C@H](OC(C)=O)CC(C)=C[C@H]2OC(=O)C(=C)[C@@H]21. The number of aliphatic hydroxyl groups excluding tert-OH is 1. The van der Waals surface area contributed by atoms with Crippen molar-refractivity contribution >= 4 is 17.9 Å². The molecule has 1 saturated heterocycles. The number of ether oxygens (including phenoxy) is 3. The van der Waals surface area contributed by atoms with E-state index >= 15 is 0 Å². The summed E-state index contributed by atoms with van der Waals surface area (Å²) in [4.78, 5) is 35.7. The highest BCUT2D eigenvalue weighted by atomic mass is 16.6. The number of hydrogen-bond acceptors (Lipinski definition) is 7. The predicted molar refractivity (Wildman–Crippen MR) is 101 cm³/mol. The fraction of sp³-hybridized carbons (Fsp3) is 0.476. The van der Waals surface area contributed by atoms with Crippen molar-refractivity contribution in [3.63, 3.8) is 0 Å². The van der Waals surface area contributed by atoms with Crippen LogP contribution in [-0.4, -0.2) is 47.9 Å². The van der Waals surface area contributed by atoms with E-state index in [4.69, 9.17) is 14.2 Å². The van der Waals surface area contributed by atoms with Gasteiger partial charge in [-0.3, -0.25) is 4.79 Å². The number of hydrogen-bond donors (Lipinski definition) is 1. The molecule has 0 aromatic rings. The van der Waals surface area contributed by atoms with Gasteiger partial charge in [-0.05, 0) is 31.6 Å². The molecule has 2 rings (SSSR count). The third-order valence-corrected chi connectivity index (χ3v) is 4.65. The Bertz CT molecular complexity index is 759. The Hall–Kier alpha value is -2.67. The lowest BCUT2D eigenvalue weighted by Gasteiger charge is -2.28.